The van der Waals surface area contributed by atoms with Gasteiger partial charge in [0.05, 0.1) is 6.54 Å². The molecule has 0 spiro atoms. The second kappa shape index (κ2) is 11.0. The Morgan fingerprint density at radius 1 is 1.16 bits per heavy atom. The van der Waals surface area contributed by atoms with Crippen molar-refractivity contribution in [3.63, 3.8) is 0 Å². The molecule has 0 aliphatic carbocycles. The van der Waals surface area contributed by atoms with E-state index >= 15 is 0 Å². The van der Waals surface area contributed by atoms with E-state index in [1.807, 2.05) is 31.2 Å². The van der Waals surface area contributed by atoms with Crippen molar-refractivity contribution in [2.75, 3.05) is 32.8 Å². The molecule has 0 fully saturated rings. The summed E-state index contributed by atoms with van der Waals surface area (Å²) in [6.45, 7) is 6.12. The Morgan fingerprint density at radius 3 is 2.52 bits per heavy atom. The van der Waals surface area contributed by atoms with Crippen LogP contribution in [0.1, 0.15) is 29.9 Å². The molecule has 1 N–H and O–H groups in total. The van der Waals surface area contributed by atoms with Crippen molar-refractivity contribution in [2.45, 2.75) is 25.7 Å². The van der Waals surface area contributed by atoms with Gasteiger partial charge in [0.15, 0.2) is 6.61 Å². The number of carbonyl (C=O) groups excluding carboxylic acids is 2. The van der Waals surface area contributed by atoms with Crippen LogP contribution in [-0.4, -0.2) is 62.0 Å². The van der Waals surface area contributed by atoms with E-state index in [0.717, 1.165) is 5.56 Å². The van der Waals surface area contributed by atoms with Crippen LogP contribution in [0.3, 0.4) is 0 Å². The zero-order chi connectivity index (χ0) is 23.0. The summed E-state index contributed by atoms with van der Waals surface area (Å²) in [5.74, 6) is -0.555. The molecule has 0 radical (unpaired) electrons. The molecule has 9 nitrogen and oxygen atoms in total. The van der Waals surface area contributed by atoms with Gasteiger partial charge in [-0.15, -0.1) is 0 Å². The van der Waals surface area contributed by atoms with Gasteiger partial charge in [-0.2, -0.15) is 4.31 Å². The fourth-order valence-electron chi connectivity index (χ4n) is 2.91. The number of nitrogens with one attached hydrogen (secondary N) is 1. The van der Waals surface area contributed by atoms with Crippen LogP contribution >= 0.6 is 0 Å². The minimum absolute atomic E-state index is 0.00315. The second-order valence-electron chi connectivity index (χ2n) is 6.85. The van der Waals surface area contributed by atoms with Crippen LogP contribution in [0.25, 0.3) is 0 Å². The summed E-state index contributed by atoms with van der Waals surface area (Å²) in [5, 5.41) is 2.60. The lowest BCUT2D eigenvalue weighted by Crippen LogP contribution is -2.32. The van der Waals surface area contributed by atoms with E-state index in [9.17, 15) is 18.0 Å². The number of aromatic nitrogens is 1. The van der Waals surface area contributed by atoms with Gasteiger partial charge in [-0.1, -0.05) is 26.0 Å². The van der Waals surface area contributed by atoms with Crippen molar-refractivity contribution in [1.82, 2.24) is 14.2 Å². The molecule has 0 saturated heterocycles. The third-order valence-corrected chi connectivity index (χ3v) is 6.56. The number of rotatable bonds is 11. The number of aryl methyl sites for hydroxylation is 2. The Kier molecular flexibility index (Phi) is 8.64. The van der Waals surface area contributed by atoms with Crippen molar-refractivity contribution in [1.29, 1.82) is 0 Å². The molecule has 170 valence electrons. The number of carbonyl (C=O) groups is 2. The van der Waals surface area contributed by atoms with Gasteiger partial charge in [-0.25, -0.2) is 13.2 Å². The van der Waals surface area contributed by atoms with Crippen LogP contribution in [0.15, 0.2) is 41.4 Å². The number of nitrogens with zero attached hydrogens (tertiary/aromatic N) is 2. The molecular formula is C21H29N3O6S. The summed E-state index contributed by atoms with van der Waals surface area (Å²) in [6.07, 6.45) is 1.35. The zero-order valence-corrected chi connectivity index (χ0v) is 19.1. The van der Waals surface area contributed by atoms with Crippen LogP contribution in [0, 0.1) is 6.92 Å². The van der Waals surface area contributed by atoms with Crippen molar-refractivity contribution in [3.8, 4) is 5.75 Å². The Bertz CT molecular complexity index is 1010. The normalized spacial score (nSPS) is 11.4. The van der Waals surface area contributed by atoms with Crippen molar-refractivity contribution >= 4 is 21.9 Å². The molecule has 0 unspecified atom stereocenters. The average molecular weight is 452 g/mol. The minimum atomic E-state index is -3.70. The third kappa shape index (κ3) is 6.56. The van der Waals surface area contributed by atoms with Gasteiger partial charge in [0.25, 0.3) is 5.91 Å². The Morgan fingerprint density at radius 2 is 1.87 bits per heavy atom. The largest absolute Gasteiger partial charge is 0.492 e. The van der Waals surface area contributed by atoms with E-state index in [4.69, 9.17) is 9.47 Å². The van der Waals surface area contributed by atoms with E-state index < -0.39 is 28.5 Å². The maximum absolute atomic E-state index is 12.6. The molecule has 0 saturated carbocycles. The van der Waals surface area contributed by atoms with E-state index in [0.29, 0.717) is 18.8 Å². The number of hydrogen-bond donors (Lipinski definition) is 1. The monoisotopic (exact) mass is 451 g/mol. The summed E-state index contributed by atoms with van der Waals surface area (Å²) in [6, 6.07) is 8.80. The van der Waals surface area contributed by atoms with E-state index in [-0.39, 0.29) is 23.7 Å². The van der Waals surface area contributed by atoms with Gasteiger partial charge in [0.1, 0.15) is 22.9 Å². The van der Waals surface area contributed by atoms with Crippen molar-refractivity contribution in [2.24, 2.45) is 7.05 Å². The topological polar surface area (TPSA) is 107 Å². The van der Waals surface area contributed by atoms with Crippen molar-refractivity contribution < 1.29 is 27.5 Å². The first-order valence-electron chi connectivity index (χ1n) is 9.98. The van der Waals surface area contributed by atoms with Crippen LogP contribution < -0.4 is 10.1 Å². The Balaban J connectivity index is 1.84. The Labute approximate surface area is 183 Å². The van der Waals surface area contributed by atoms with E-state index in [1.54, 1.807) is 20.9 Å². The van der Waals surface area contributed by atoms with E-state index in [2.05, 4.69) is 5.32 Å². The molecule has 10 heteroatoms. The highest BCUT2D eigenvalue weighted by Gasteiger charge is 2.26. The van der Waals surface area contributed by atoms with Crippen LogP contribution in [0.4, 0.5) is 0 Å². The summed E-state index contributed by atoms with van der Waals surface area (Å²) >= 11 is 0. The first-order chi connectivity index (χ1) is 14.7. The molecule has 2 aromatic rings. The van der Waals surface area contributed by atoms with Gasteiger partial charge in [0.2, 0.25) is 10.0 Å². The maximum atomic E-state index is 12.6. The average Bonchev–Trinajstić information content (AvgIpc) is 3.13. The minimum Gasteiger partial charge on any atom is -0.492 e. The summed E-state index contributed by atoms with van der Waals surface area (Å²) in [4.78, 5) is 24.2. The molecule has 0 aliphatic heterocycles. The molecule has 1 amide bonds. The smallest absolute Gasteiger partial charge is 0.355 e. The van der Waals surface area contributed by atoms with Gasteiger partial charge < -0.3 is 19.4 Å². The maximum Gasteiger partial charge on any atom is 0.355 e. The molecule has 0 aliphatic rings. The van der Waals surface area contributed by atoms with Crippen molar-refractivity contribution in [3.05, 3.63) is 47.8 Å². The zero-order valence-electron chi connectivity index (χ0n) is 18.3. The highest BCUT2D eigenvalue weighted by molar-refractivity contribution is 7.89. The lowest BCUT2D eigenvalue weighted by Gasteiger charge is -2.17. The highest BCUT2D eigenvalue weighted by atomic mass is 32.2. The number of ether oxygens (including phenoxy) is 2. The first-order valence-corrected chi connectivity index (χ1v) is 11.4. The molecule has 0 bridgehead atoms. The fraction of sp³-hybridized carbons (Fsp3) is 0.429. The fourth-order valence-corrected chi connectivity index (χ4v) is 4.44. The number of esters is 1. The van der Waals surface area contributed by atoms with Gasteiger partial charge >= 0.3 is 5.97 Å². The van der Waals surface area contributed by atoms with Gasteiger partial charge in [0, 0.05) is 26.3 Å². The molecule has 31 heavy (non-hydrogen) atoms. The predicted octanol–water partition coefficient (Wildman–Crippen LogP) is 1.72. The third-order valence-electron chi connectivity index (χ3n) is 4.55. The predicted molar refractivity (Wildman–Crippen MR) is 115 cm³/mol. The van der Waals surface area contributed by atoms with Crippen LogP contribution in [0.2, 0.25) is 0 Å². The lowest BCUT2D eigenvalue weighted by atomic mass is 10.2. The van der Waals surface area contributed by atoms with Crippen LogP contribution in [-0.2, 0) is 26.6 Å². The molecule has 0 atom stereocenters. The first kappa shape index (κ1) is 24.4. The summed E-state index contributed by atoms with van der Waals surface area (Å²) in [7, 11) is -2.15. The summed E-state index contributed by atoms with van der Waals surface area (Å²) < 4.78 is 38.4. The molecule has 1 heterocycles. The quantitative estimate of drug-likeness (QED) is 0.412. The lowest BCUT2D eigenvalue weighted by molar-refractivity contribution is -0.124. The molecule has 1 aromatic carbocycles. The SMILES string of the molecule is CCN(CC)S(=O)(=O)c1cc(C(=O)OCC(=O)NCCOc2cccc(C)c2)n(C)c1. The molecule has 2 rings (SSSR count). The van der Waals surface area contributed by atoms with Gasteiger partial charge in [-0.3, -0.25) is 4.79 Å². The number of sulfonamides is 1. The number of hydrogen-bond acceptors (Lipinski definition) is 6. The van der Waals surface area contributed by atoms with E-state index in [1.165, 1.54) is 21.1 Å². The Hall–Kier alpha value is -2.85. The number of benzene rings is 1. The standard InChI is InChI=1S/C21H29N3O6S/c1-5-24(6-2)31(27,28)18-13-19(23(4)14-18)21(26)30-15-20(25)22-10-11-29-17-9-7-8-16(3)12-17/h7-9,12-14H,5-6,10-11,15H2,1-4H3,(H,22,25). The highest BCUT2D eigenvalue weighted by Crippen LogP contribution is 2.19. The summed E-state index contributed by atoms with van der Waals surface area (Å²) in [5.41, 5.74) is 1.11. The second-order valence-corrected chi connectivity index (χ2v) is 8.79. The van der Waals surface area contributed by atoms with Crippen LogP contribution in [0.5, 0.6) is 5.75 Å². The van der Waals surface area contributed by atoms with Gasteiger partial charge in [-0.05, 0) is 30.7 Å². The molecule has 1 aromatic heterocycles. The number of amides is 1. The molecular weight excluding hydrogens is 422 g/mol.